The molecule has 5 atom stereocenters. The lowest BCUT2D eigenvalue weighted by Crippen LogP contribution is -2.59. The Labute approximate surface area is 118 Å². The molecule has 1 heterocycles. The molecule has 1 fully saturated rings. The molecule has 0 spiro atoms. The molecule has 0 saturated carbocycles. The molecule has 1 aliphatic heterocycles. The number of nitrogens with zero attached hydrogens (tertiary/aromatic N) is 1. The first-order chi connectivity index (χ1) is 9.93. The first-order valence-corrected chi connectivity index (χ1v) is 6.10. The summed E-state index contributed by atoms with van der Waals surface area (Å²) in [6, 6.07) is 4.91. The van der Waals surface area contributed by atoms with Crippen molar-refractivity contribution in [1.82, 2.24) is 0 Å². The number of hydrogen-bond donors (Lipinski definition) is 3. The highest BCUT2D eigenvalue weighted by Crippen LogP contribution is 2.25. The van der Waals surface area contributed by atoms with Gasteiger partial charge in [-0.25, -0.2) is 4.39 Å². The predicted molar refractivity (Wildman–Crippen MR) is 66.4 cm³/mol. The second kappa shape index (κ2) is 6.31. The van der Waals surface area contributed by atoms with Gasteiger partial charge in [0.2, 0.25) is 6.29 Å². The maximum absolute atomic E-state index is 12.7. The second-order valence-corrected chi connectivity index (χ2v) is 4.54. The Morgan fingerprint density at radius 3 is 2.33 bits per heavy atom. The highest BCUT2D eigenvalue weighted by Gasteiger charge is 2.45. The van der Waals surface area contributed by atoms with Crippen LogP contribution in [0.5, 0.6) is 5.75 Å². The molecule has 116 valence electrons. The van der Waals surface area contributed by atoms with Crippen LogP contribution in [0.1, 0.15) is 0 Å². The summed E-state index contributed by atoms with van der Waals surface area (Å²) in [7, 11) is 0. The molecule has 0 radical (unpaired) electrons. The minimum absolute atomic E-state index is 0.130. The number of nitro groups is 1. The number of ether oxygens (including phenoxy) is 2. The lowest BCUT2D eigenvalue weighted by molar-refractivity contribution is -0.384. The molecule has 0 unspecified atom stereocenters. The monoisotopic (exact) mass is 303 g/mol. The number of rotatable bonds is 4. The quantitative estimate of drug-likeness (QED) is 0.518. The first kappa shape index (κ1) is 15.6. The lowest BCUT2D eigenvalue weighted by atomic mass is 10.00. The summed E-state index contributed by atoms with van der Waals surface area (Å²) in [6.45, 7) is -1.06. The van der Waals surface area contributed by atoms with Crippen LogP contribution in [0.4, 0.5) is 10.1 Å². The molecule has 0 aliphatic carbocycles. The first-order valence-electron chi connectivity index (χ1n) is 6.10. The number of aliphatic hydroxyl groups is 3. The summed E-state index contributed by atoms with van der Waals surface area (Å²) in [5.41, 5.74) is -0.149. The maximum atomic E-state index is 12.7. The Morgan fingerprint density at radius 2 is 1.81 bits per heavy atom. The molecule has 21 heavy (non-hydrogen) atoms. The molecule has 2 rings (SSSR count). The van der Waals surface area contributed by atoms with Crippen molar-refractivity contribution in [2.24, 2.45) is 0 Å². The Bertz CT molecular complexity index is 495. The normalized spacial score (nSPS) is 32.7. The van der Waals surface area contributed by atoms with Gasteiger partial charge in [-0.05, 0) is 12.1 Å². The molecule has 0 aromatic heterocycles. The smallest absolute Gasteiger partial charge is 0.269 e. The third-order valence-electron chi connectivity index (χ3n) is 3.12. The summed E-state index contributed by atoms with van der Waals surface area (Å²) in [6.07, 6.45) is -7.50. The van der Waals surface area contributed by atoms with Crippen molar-refractivity contribution in [3.05, 3.63) is 34.4 Å². The fourth-order valence-electron chi connectivity index (χ4n) is 1.92. The number of aliphatic hydroxyl groups excluding tert-OH is 3. The molecule has 9 heteroatoms. The van der Waals surface area contributed by atoms with Crippen LogP contribution in [0.25, 0.3) is 0 Å². The van der Waals surface area contributed by atoms with Crippen molar-refractivity contribution in [3.8, 4) is 5.75 Å². The highest BCUT2D eigenvalue weighted by atomic mass is 19.1. The number of nitro benzene ring substituents is 1. The van der Waals surface area contributed by atoms with Crippen LogP contribution < -0.4 is 4.74 Å². The van der Waals surface area contributed by atoms with Crippen molar-refractivity contribution >= 4 is 5.69 Å². The second-order valence-electron chi connectivity index (χ2n) is 4.54. The van der Waals surface area contributed by atoms with Gasteiger partial charge in [0.05, 0.1) is 4.92 Å². The molecule has 0 bridgehead atoms. The molecular weight excluding hydrogens is 289 g/mol. The Kier molecular flexibility index (Phi) is 4.68. The van der Waals surface area contributed by atoms with Gasteiger partial charge in [-0.15, -0.1) is 0 Å². The number of non-ortho nitro benzene ring substituents is 1. The van der Waals surface area contributed by atoms with E-state index in [1.807, 2.05) is 0 Å². The van der Waals surface area contributed by atoms with Crippen LogP contribution in [0.2, 0.25) is 0 Å². The summed E-state index contributed by atoms with van der Waals surface area (Å²) < 4.78 is 22.9. The van der Waals surface area contributed by atoms with E-state index in [-0.39, 0.29) is 11.4 Å². The summed E-state index contributed by atoms with van der Waals surface area (Å²) in [4.78, 5) is 9.92. The zero-order valence-corrected chi connectivity index (χ0v) is 10.7. The van der Waals surface area contributed by atoms with Gasteiger partial charge < -0.3 is 24.8 Å². The van der Waals surface area contributed by atoms with E-state index in [0.717, 1.165) is 0 Å². The number of halogens is 1. The van der Waals surface area contributed by atoms with Crippen LogP contribution in [-0.2, 0) is 4.74 Å². The zero-order valence-electron chi connectivity index (χ0n) is 10.7. The van der Waals surface area contributed by atoms with Gasteiger partial charge in [0.1, 0.15) is 36.8 Å². The van der Waals surface area contributed by atoms with Crippen LogP contribution in [0.15, 0.2) is 24.3 Å². The average molecular weight is 303 g/mol. The van der Waals surface area contributed by atoms with E-state index in [2.05, 4.69) is 0 Å². The van der Waals surface area contributed by atoms with Crippen molar-refractivity contribution in [2.45, 2.75) is 30.7 Å². The lowest BCUT2D eigenvalue weighted by Gasteiger charge is -2.39. The molecule has 1 saturated heterocycles. The van der Waals surface area contributed by atoms with E-state index < -0.39 is 42.3 Å². The number of hydrogen-bond acceptors (Lipinski definition) is 7. The highest BCUT2D eigenvalue weighted by molar-refractivity contribution is 5.36. The predicted octanol–water partition coefficient (Wildman–Crippen LogP) is -0.249. The molecular formula is C12H14FNO7. The van der Waals surface area contributed by atoms with Gasteiger partial charge in [-0.1, -0.05) is 0 Å². The van der Waals surface area contributed by atoms with Gasteiger partial charge in [-0.3, -0.25) is 10.1 Å². The molecule has 0 amide bonds. The fourth-order valence-corrected chi connectivity index (χ4v) is 1.92. The minimum atomic E-state index is -1.62. The summed E-state index contributed by atoms with van der Waals surface area (Å²) >= 11 is 0. The SMILES string of the molecule is O=[N+]([O-])c1ccc(O[C@@H]2O[C@H](CF)[C@H](O)[C@H](O)[C@H]2O)cc1. The minimum Gasteiger partial charge on any atom is -0.462 e. The van der Waals surface area contributed by atoms with E-state index >= 15 is 0 Å². The van der Waals surface area contributed by atoms with Crippen molar-refractivity contribution < 1.29 is 34.1 Å². The maximum Gasteiger partial charge on any atom is 0.269 e. The van der Waals surface area contributed by atoms with Crippen molar-refractivity contribution in [1.29, 1.82) is 0 Å². The standard InChI is InChI=1S/C12H14FNO7/c13-5-8-9(15)10(16)11(17)12(21-8)20-7-3-1-6(2-4-7)14(18)19/h1-4,8-12,15-17H,5H2/t8-,9+,10+,11-,12-/m1/s1. The molecule has 1 aliphatic rings. The summed E-state index contributed by atoms with van der Waals surface area (Å²) in [5, 5.41) is 39.3. The van der Waals surface area contributed by atoms with Gasteiger partial charge in [0, 0.05) is 12.1 Å². The zero-order chi connectivity index (χ0) is 15.6. The van der Waals surface area contributed by atoms with Crippen LogP contribution in [0, 0.1) is 10.1 Å². The number of benzene rings is 1. The number of alkyl halides is 1. The van der Waals surface area contributed by atoms with E-state index in [9.17, 15) is 29.8 Å². The van der Waals surface area contributed by atoms with E-state index in [1.165, 1.54) is 24.3 Å². The van der Waals surface area contributed by atoms with E-state index in [4.69, 9.17) is 9.47 Å². The van der Waals surface area contributed by atoms with Crippen LogP contribution in [0.3, 0.4) is 0 Å². The Balaban J connectivity index is 2.08. The van der Waals surface area contributed by atoms with Gasteiger partial charge >= 0.3 is 0 Å². The Morgan fingerprint density at radius 1 is 1.19 bits per heavy atom. The largest absolute Gasteiger partial charge is 0.462 e. The third-order valence-corrected chi connectivity index (χ3v) is 3.12. The van der Waals surface area contributed by atoms with Gasteiger partial charge in [-0.2, -0.15) is 0 Å². The molecule has 1 aromatic carbocycles. The average Bonchev–Trinajstić information content (AvgIpc) is 2.48. The fraction of sp³-hybridized carbons (Fsp3) is 0.500. The van der Waals surface area contributed by atoms with E-state index in [1.54, 1.807) is 0 Å². The van der Waals surface area contributed by atoms with Gasteiger partial charge in [0.25, 0.3) is 5.69 Å². The molecule has 1 aromatic rings. The van der Waals surface area contributed by atoms with Crippen LogP contribution >= 0.6 is 0 Å². The third kappa shape index (κ3) is 3.27. The van der Waals surface area contributed by atoms with E-state index in [0.29, 0.717) is 0 Å². The van der Waals surface area contributed by atoms with Crippen LogP contribution in [-0.4, -0.2) is 57.6 Å². The molecule has 3 N–H and O–H groups in total. The topological polar surface area (TPSA) is 122 Å². The summed E-state index contributed by atoms with van der Waals surface area (Å²) in [5.74, 6) is 0.130. The van der Waals surface area contributed by atoms with Crippen molar-refractivity contribution in [3.63, 3.8) is 0 Å². The van der Waals surface area contributed by atoms with Gasteiger partial charge in [0.15, 0.2) is 0 Å². The Hall–Kier alpha value is -1.81. The van der Waals surface area contributed by atoms with Crippen molar-refractivity contribution in [2.75, 3.05) is 6.67 Å². The molecule has 8 nitrogen and oxygen atoms in total.